The molecule has 0 unspecified atom stereocenters. The predicted molar refractivity (Wildman–Crippen MR) is 38.0 cm³/mol. The summed E-state index contributed by atoms with van der Waals surface area (Å²) in [7, 11) is 0. The largest absolute Gasteiger partial charge is 0.295 e. The van der Waals surface area contributed by atoms with Gasteiger partial charge in [-0.3, -0.25) is 4.79 Å². The Morgan fingerprint density at radius 1 is 1.75 bits per heavy atom. The van der Waals surface area contributed by atoms with Crippen LogP contribution in [0.5, 0.6) is 0 Å². The molecule has 0 rings (SSSR count). The molecule has 1 nitrogen and oxygen atoms in total. The number of allylic oxidation sites excluding steroid dienone is 1. The van der Waals surface area contributed by atoms with Crippen LogP contribution in [-0.4, -0.2) is 12.0 Å². The Kier molecular flexibility index (Phi) is 4.76. The highest BCUT2D eigenvalue weighted by atomic mass is 32.2. The molecule has 46 valence electrons. The smallest absolute Gasteiger partial charge is 0.155 e. The molecule has 0 N–H and O–H groups in total. The average Bonchev–Trinajstić information content (AvgIpc) is 1.83. The van der Waals surface area contributed by atoms with E-state index in [0.717, 1.165) is 0 Å². The molecule has 2 heteroatoms. The van der Waals surface area contributed by atoms with E-state index >= 15 is 0 Å². The van der Waals surface area contributed by atoms with Crippen LogP contribution in [-0.2, 0) is 4.79 Å². The van der Waals surface area contributed by atoms with E-state index < -0.39 is 0 Å². The van der Waals surface area contributed by atoms with Crippen molar-refractivity contribution >= 4 is 17.5 Å². The van der Waals surface area contributed by atoms with Crippen LogP contribution in [0, 0.1) is 0 Å². The highest BCUT2D eigenvalue weighted by Gasteiger charge is 1.85. The SMILES string of the molecule is CCC(=O)C=CSC. The van der Waals surface area contributed by atoms with Crippen molar-refractivity contribution in [3.8, 4) is 0 Å². The van der Waals surface area contributed by atoms with E-state index in [4.69, 9.17) is 0 Å². The lowest BCUT2D eigenvalue weighted by Gasteiger charge is -1.80. The number of ketones is 1. The molecule has 0 radical (unpaired) electrons. The second-order valence-electron chi connectivity index (χ2n) is 1.36. The number of rotatable bonds is 3. The van der Waals surface area contributed by atoms with Gasteiger partial charge in [0.1, 0.15) is 0 Å². The van der Waals surface area contributed by atoms with Crippen molar-refractivity contribution in [3.05, 3.63) is 11.5 Å². The molecule has 0 atom stereocenters. The molecule has 0 spiro atoms. The molecular weight excluding hydrogens is 120 g/mol. The Morgan fingerprint density at radius 3 is 2.75 bits per heavy atom. The summed E-state index contributed by atoms with van der Waals surface area (Å²) < 4.78 is 0. The molecule has 0 amide bonds. The number of hydrogen-bond donors (Lipinski definition) is 0. The van der Waals surface area contributed by atoms with E-state index in [1.165, 1.54) is 0 Å². The fraction of sp³-hybridized carbons (Fsp3) is 0.500. The normalized spacial score (nSPS) is 10.2. The Balaban J connectivity index is 3.37. The fourth-order valence-electron chi connectivity index (χ4n) is 0.262. The van der Waals surface area contributed by atoms with Crippen molar-refractivity contribution in [1.29, 1.82) is 0 Å². The van der Waals surface area contributed by atoms with Gasteiger partial charge in [0.05, 0.1) is 0 Å². The molecule has 0 aliphatic rings. The van der Waals surface area contributed by atoms with Crippen LogP contribution in [0.4, 0.5) is 0 Å². The first-order chi connectivity index (χ1) is 3.81. The quantitative estimate of drug-likeness (QED) is 0.542. The van der Waals surface area contributed by atoms with Crippen molar-refractivity contribution in [2.45, 2.75) is 13.3 Å². The summed E-state index contributed by atoms with van der Waals surface area (Å²) in [6, 6.07) is 0. The van der Waals surface area contributed by atoms with Crippen molar-refractivity contribution in [1.82, 2.24) is 0 Å². The predicted octanol–water partition coefficient (Wildman–Crippen LogP) is 1.84. The molecule has 0 aliphatic heterocycles. The first-order valence-electron chi connectivity index (χ1n) is 2.53. The van der Waals surface area contributed by atoms with E-state index in [2.05, 4.69) is 0 Å². The molecule has 0 aromatic heterocycles. The van der Waals surface area contributed by atoms with Crippen molar-refractivity contribution in [2.75, 3.05) is 6.26 Å². The maximum Gasteiger partial charge on any atom is 0.155 e. The van der Waals surface area contributed by atoms with Crippen molar-refractivity contribution in [3.63, 3.8) is 0 Å². The van der Waals surface area contributed by atoms with Gasteiger partial charge in [0, 0.05) is 6.42 Å². The first-order valence-corrected chi connectivity index (χ1v) is 3.82. The summed E-state index contributed by atoms with van der Waals surface area (Å²) in [5, 5.41) is 1.80. The number of thioether (sulfide) groups is 1. The minimum Gasteiger partial charge on any atom is -0.295 e. The third kappa shape index (κ3) is 3.93. The minimum atomic E-state index is 0.194. The molecule has 0 aromatic carbocycles. The Morgan fingerprint density at radius 2 is 2.38 bits per heavy atom. The van der Waals surface area contributed by atoms with Crippen LogP contribution < -0.4 is 0 Å². The summed E-state index contributed by atoms with van der Waals surface area (Å²) >= 11 is 1.54. The minimum absolute atomic E-state index is 0.194. The van der Waals surface area contributed by atoms with Gasteiger partial charge >= 0.3 is 0 Å². The lowest BCUT2D eigenvalue weighted by Crippen LogP contribution is -1.85. The molecular formula is C6H10OS. The van der Waals surface area contributed by atoms with Gasteiger partial charge in [-0.05, 0) is 17.7 Å². The van der Waals surface area contributed by atoms with Crippen LogP contribution in [0.1, 0.15) is 13.3 Å². The Bertz CT molecular complexity index is 96.7. The molecule has 0 saturated carbocycles. The zero-order valence-electron chi connectivity index (χ0n) is 5.18. The lowest BCUT2D eigenvalue weighted by atomic mass is 10.3. The fourth-order valence-corrected chi connectivity index (χ4v) is 0.550. The zero-order valence-corrected chi connectivity index (χ0v) is 5.99. The summed E-state index contributed by atoms with van der Waals surface area (Å²) in [4.78, 5) is 10.5. The van der Waals surface area contributed by atoms with Gasteiger partial charge in [0.15, 0.2) is 5.78 Å². The second kappa shape index (κ2) is 4.91. The number of hydrogen-bond acceptors (Lipinski definition) is 2. The molecule has 0 heterocycles. The van der Waals surface area contributed by atoms with E-state index in [-0.39, 0.29) is 5.78 Å². The van der Waals surface area contributed by atoms with Gasteiger partial charge in [-0.25, -0.2) is 0 Å². The van der Waals surface area contributed by atoms with Crippen molar-refractivity contribution < 1.29 is 4.79 Å². The Labute approximate surface area is 54.2 Å². The lowest BCUT2D eigenvalue weighted by molar-refractivity contribution is -0.114. The molecule has 0 aromatic rings. The molecule has 0 fully saturated rings. The average molecular weight is 130 g/mol. The molecule has 0 bridgehead atoms. The number of carbonyl (C=O) groups excluding carboxylic acids is 1. The van der Waals surface area contributed by atoms with E-state index in [9.17, 15) is 4.79 Å². The third-order valence-corrected chi connectivity index (χ3v) is 1.15. The summed E-state index contributed by atoms with van der Waals surface area (Å²) in [6.07, 6.45) is 4.14. The topological polar surface area (TPSA) is 17.1 Å². The first kappa shape index (κ1) is 7.76. The monoisotopic (exact) mass is 130 g/mol. The summed E-state index contributed by atoms with van der Waals surface area (Å²) in [5.74, 6) is 0.194. The van der Waals surface area contributed by atoms with Gasteiger partial charge < -0.3 is 0 Å². The maximum atomic E-state index is 10.5. The van der Waals surface area contributed by atoms with Gasteiger partial charge in [-0.2, -0.15) is 0 Å². The van der Waals surface area contributed by atoms with E-state index in [0.29, 0.717) is 6.42 Å². The maximum absolute atomic E-state index is 10.5. The van der Waals surface area contributed by atoms with Crippen molar-refractivity contribution in [2.24, 2.45) is 0 Å². The number of carbonyl (C=O) groups is 1. The molecule has 0 saturated heterocycles. The highest BCUT2D eigenvalue weighted by Crippen LogP contribution is 1.94. The van der Waals surface area contributed by atoms with Crippen LogP contribution in [0.25, 0.3) is 0 Å². The van der Waals surface area contributed by atoms with Crippen LogP contribution >= 0.6 is 11.8 Å². The summed E-state index contributed by atoms with van der Waals surface area (Å²) in [5.41, 5.74) is 0. The van der Waals surface area contributed by atoms with Gasteiger partial charge in [0.2, 0.25) is 0 Å². The summed E-state index contributed by atoms with van der Waals surface area (Å²) in [6.45, 7) is 1.85. The van der Waals surface area contributed by atoms with E-state index in [1.54, 1.807) is 23.2 Å². The van der Waals surface area contributed by atoms with Crippen LogP contribution in [0.3, 0.4) is 0 Å². The zero-order chi connectivity index (χ0) is 6.41. The molecule has 0 aliphatic carbocycles. The Hall–Kier alpha value is -0.240. The highest BCUT2D eigenvalue weighted by molar-refractivity contribution is 8.01. The third-order valence-electron chi connectivity index (χ3n) is 0.738. The van der Waals surface area contributed by atoms with Gasteiger partial charge in [-0.1, -0.05) is 6.92 Å². The van der Waals surface area contributed by atoms with Gasteiger partial charge in [0.25, 0.3) is 0 Å². The van der Waals surface area contributed by atoms with Crippen LogP contribution in [0.2, 0.25) is 0 Å². The molecule has 8 heavy (non-hydrogen) atoms. The van der Waals surface area contributed by atoms with Gasteiger partial charge in [-0.15, -0.1) is 11.8 Å². The second-order valence-corrected chi connectivity index (χ2v) is 2.10. The van der Waals surface area contributed by atoms with E-state index in [1.807, 2.05) is 13.2 Å². The standard InChI is InChI=1S/C6H10OS/c1-3-6(7)4-5-8-2/h4-5H,3H2,1-2H3. The van der Waals surface area contributed by atoms with Crippen LogP contribution in [0.15, 0.2) is 11.5 Å².